The van der Waals surface area contributed by atoms with E-state index in [0.29, 0.717) is 12.5 Å². The molecule has 0 saturated heterocycles. The fraction of sp³-hybridized carbons (Fsp3) is 0.118. The van der Waals surface area contributed by atoms with Gasteiger partial charge in [0.15, 0.2) is 0 Å². The molecule has 0 atom stereocenters. The van der Waals surface area contributed by atoms with E-state index < -0.39 is 0 Å². The van der Waals surface area contributed by atoms with E-state index in [1.165, 1.54) is 0 Å². The number of rotatable bonds is 2. The van der Waals surface area contributed by atoms with Crippen molar-refractivity contribution < 1.29 is 4.74 Å². The third-order valence-corrected chi connectivity index (χ3v) is 3.60. The van der Waals surface area contributed by atoms with Gasteiger partial charge in [0, 0.05) is 16.3 Å². The van der Waals surface area contributed by atoms with Crippen LogP contribution in [0.5, 0.6) is 5.88 Å². The van der Waals surface area contributed by atoms with Gasteiger partial charge in [-0.3, -0.25) is 0 Å². The Hall–Kier alpha value is -2.55. The molecule has 3 nitrogen and oxygen atoms in total. The van der Waals surface area contributed by atoms with E-state index in [0.717, 1.165) is 32.7 Å². The topological polar surface area (TPSA) is 37.9 Å². The first-order valence-corrected chi connectivity index (χ1v) is 6.80. The maximum Gasteiger partial charge on any atom is 0.224 e. The zero-order valence-corrected chi connectivity index (χ0v) is 11.2. The zero-order valence-electron chi connectivity index (χ0n) is 11.2. The van der Waals surface area contributed by atoms with Crippen LogP contribution in [0.15, 0.2) is 48.5 Å². The molecule has 0 radical (unpaired) electrons. The van der Waals surface area contributed by atoms with Gasteiger partial charge in [-0.15, -0.1) is 0 Å². The number of nitrogens with zero attached hydrogens (tertiary/aromatic N) is 1. The number of aromatic amines is 1. The summed E-state index contributed by atoms with van der Waals surface area (Å²) in [6.45, 7) is 2.59. The Morgan fingerprint density at radius 2 is 1.75 bits per heavy atom. The van der Waals surface area contributed by atoms with Gasteiger partial charge in [-0.2, -0.15) is 0 Å². The number of hydrogen-bond acceptors (Lipinski definition) is 2. The largest absolute Gasteiger partial charge is 0.477 e. The van der Waals surface area contributed by atoms with Crippen molar-refractivity contribution in [3.8, 4) is 5.88 Å². The Morgan fingerprint density at radius 3 is 2.60 bits per heavy atom. The first-order chi connectivity index (χ1) is 9.88. The van der Waals surface area contributed by atoms with Crippen LogP contribution in [0, 0.1) is 0 Å². The van der Waals surface area contributed by atoms with Crippen molar-refractivity contribution in [1.82, 2.24) is 9.97 Å². The molecule has 4 rings (SSSR count). The highest BCUT2D eigenvalue weighted by atomic mass is 16.5. The second kappa shape index (κ2) is 4.23. The molecule has 0 saturated carbocycles. The molecule has 2 aromatic heterocycles. The molecular weight excluding hydrogens is 248 g/mol. The van der Waals surface area contributed by atoms with Gasteiger partial charge in [-0.05, 0) is 19.1 Å². The number of nitrogens with one attached hydrogen (secondary N) is 1. The van der Waals surface area contributed by atoms with Crippen molar-refractivity contribution in [2.24, 2.45) is 0 Å². The summed E-state index contributed by atoms with van der Waals surface area (Å²) in [6, 6.07) is 16.4. The lowest BCUT2D eigenvalue weighted by atomic mass is 10.1. The molecular formula is C17H14N2O. The van der Waals surface area contributed by atoms with E-state index in [9.17, 15) is 0 Å². The highest BCUT2D eigenvalue weighted by Crippen LogP contribution is 2.36. The highest BCUT2D eigenvalue weighted by molar-refractivity contribution is 6.18. The van der Waals surface area contributed by atoms with Gasteiger partial charge in [-0.25, -0.2) is 4.98 Å². The molecule has 2 aromatic carbocycles. The summed E-state index contributed by atoms with van der Waals surface area (Å²) in [5.74, 6) is 0.707. The second-order valence-corrected chi connectivity index (χ2v) is 4.79. The van der Waals surface area contributed by atoms with Gasteiger partial charge in [0.25, 0.3) is 0 Å². The maximum atomic E-state index is 5.76. The molecule has 1 N–H and O–H groups in total. The van der Waals surface area contributed by atoms with Crippen LogP contribution in [0.25, 0.3) is 32.7 Å². The first-order valence-electron chi connectivity index (χ1n) is 6.80. The van der Waals surface area contributed by atoms with Gasteiger partial charge >= 0.3 is 0 Å². The number of fused-ring (bicyclic) bond motifs is 5. The maximum absolute atomic E-state index is 5.76. The average molecular weight is 262 g/mol. The minimum atomic E-state index is 0.611. The Bertz CT molecular complexity index is 924. The summed E-state index contributed by atoms with van der Waals surface area (Å²) in [6.07, 6.45) is 0. The molecule has 0 spiro atoms. The third kappa shape index (κ3) is 1.50. The Morgan fingerprint density at radius 1 is 1.00 bits per heavy atom. The molecule has 0 bridgehead atoms. The number of ether oxygens (including phenoxy) is 1. The predicted octanol–water partition coefficient (Wildman–Crippen LogP) is 4.27. The zero-order chi connectivity index (χ0) is 13.5. The minimum Gasteiger partial charge on any atom is -0.477 e. The average Bonchev–Trinajstić information content (AvgIpc) is 2.87. The van der Waals surface area contributed by atoms with Crippen LogP contribution >= 0.6 is 0 Å². The van der Waals surface area contributed by atoms with Crippen LogP contribution in [0.4, 0.5) is 0 Å². The fourth-order valence-electron chi connectivity index (χ4n) is 2.76. The number of aromatic nitrogens is 2. The van der Waals surface area contributed by atoms with Crippen molar-refractivity contribution in [2.45, 2.75) is 6.92 Å². The molecule has 20 heavy (non-hydrogen) atoms. The molecule has 98 valence electrons. The normalized spacial score (nSPS) is 11.4. The van der Waals surface area contributed by atoms with Crippen LogP contribution in [0.2, 0.25) is 0 Å². The third-order valence-electron chi connectivity index (χ3n) is 3.60. The molecule has 0 aliphatic rings. The highest BCUT2D eigenvalue weighted by Gasteiger charge is 2.14. The summed E-state index contributed by atoms with van der Waals surface area (Å²) in [5, 5.41) is 3.35. The minimum absolute atomic E-state index is 0.611. The van der Waals surface area contributed by atoms with Crippen LogP contribution in [-0.2, 0) is 0 Å². The van der Waals surface area contributed by atoms with Crippen LogP contribution < -0.4 is 4.74 Å². The van der Waals surface area contributed by atoms with Crippen LogP contribution in [0.3, 0.4) is 0 Å². The molecule has 0 unspecified atom stereocenters. The number of hydrogen-bond donors (Lipinski definition) is 1. The number of benzene rings is 2. The lowest BCUT2D eigenvalue weighted by molar-refractivity contribution is 0.333. The monoisotopic (exact) mass is 262 g/mol. The van der Waals surface area contributed by atoms with Crippen molar-refractivity contribution in [2.75, 3.05) is 6.61 Å². The van der Waals surface area contributed by atoms with Gasteiger partial charge in [0.05, 0.1) is 23.0 Å². The summed E-state index contributed by atoms with van der Waals surface area (Å²) in [5.41, 5.74) is 3.16. The van der Waals surface area contributed by atoms with E-state index >= 15 is 0 Å². The van der Waals surface area contributed by atoms with Crippen LogP contribution in [-0.4, -0.2) is 16.6 Å². The lowest BCUT2D eigenvalue weighted by Gasteiger charge is -2.06. The Labute approximate surface area is 116 Å². The Kier molecular flexibility index (Phi) is 2.39. The number of H-pyrrole nitrogens is 1. The first kappa shape index (κ1) is 11.3. The SMILES string of the molecule is CCOc1nc2ccccc2c2[nH]c3ccccc3c12. The fourth-order valence-corrected chi connectivity index (χ4v) is 2.76. The van der Waals surface area contributed by atoms with E-state index in [1.807, 2.05) is 37.3 Å². The molecule has 0 amide bonds. The summed E-state index contributed by atoms with van der Waals surface area (Å²) < 4.78 is 5.76. The van der Waals surface area contributed by atoms with Gasteiger partial charge < -0.3 is 9.72 Å². The summed E-state index contributed by atoms with van der Waals surface area (Å²) in [4.78, 5) is 8.17. The van der Waals surface area contributed by atoms with Crippen molar-refractivity contribution in [3.05, 3.63) is 48.5 Å². The Balaban J connectivity index is 2.26. The van der Waals surface area contributed by atoms with Gasteiger partial charge in [0.2, 0.25) is 5.88 Å². The molecule has 3 heteroatoms. The van der Waals surface area contributed by atoms with E-state index in [1.54, 1.807) is 0 Å². The van der Waals surface area contributed by atoms with E-state index in [2.05, 4.69) is 28.2 Å². The molecule has 0 fully saturated rings. The number of pyridine rings is 1. The van der Waals surface area contributed by atoms with Crippen LogP contribution in [0.1, 0.15) is 6.92 Å². The van der Waals surface area contributed by atoms with Gasteiger partial charge in [0.1, 0.15) is 0 Å². The summed E-state index contributed by atoms with van der Waals surface area (Å²) >= 11 is 0. The van der Waals surface area contributed by atoms with Crippen molar-refractivity contribution in [3.63, 3.8) is 0 Å². The van der Waals surface area contributed by atoms with E-state index in [-0.39, 0.29) is 0 Å². The van der Waals surface area contributed by atoms with E-state index in [4.69, 9.17) is 4.74 Å². The molecule has 4 aromatic rings. The van der Waals surface area contributed by atoms with Gasteiger partial charge in [-0.1, -0.05) is 36.4 Å². The van der Waals surface area contributed by atoms with Crippen molar-refractivity contribution in [1.29, 1.82) is 0 Å². The standard InChI is InChI=1S/C17H14N2O/c1-2-20-17-15-11-7-3-5-9-13(11)18-16(15)12-8-4-6-10-14(12)19-17/h3-10,18H,2H2,1H3. The molecule has 0 aliphatic carbocycles. The number of para-hydroxylation sites is 2. The molecule has 0 aliphatic heterocycles. The lowest BCUT2D eigenvalue weighted by Crippen LogP contribution is -1.95. The predicted molar refractivity (Wildman–Crippen MR) is 82.3 cm³/mol. The quantitative estimate of drug-likeness (QED) is 0.586. The molecule has 2 heterocycles. The van der Waals surface area contributed by atoms with Crippen molar-refractivity contribution >= 4 is 32.7 Å². The second-order valence-electron chi connectivity index (χ2n) is 4.79. The summed E-state index contributed by atoms with van der Waals surface area (Å²) in [7, 11) is 0. The smallest absolute Gasteiger partial charge is 0.224 e.